The number of aryl methyl sites for hydroxylation is 1. The summed E-state index contributed by atoms with van der Waals surface area (Å²) in [5.74, 6) is 0.567. The van der Waals surface area contributed by atoms with E-state index in [0.717, 1.165) is 18.7 Å². The molecule has 1 heterocycles. The summed E-state index contributed by atoms with van der Waals surface area (Å²) in [4.78, 5) is 0. The Hall–Kier alpha value is -1.68. The van der Waals surface area contributed by atoms with E-state index in [9.17, 15) is 0 Å². The third-order valence-electron chi connectivity index (χ3n) is 3.89. The molecule has 1 aliphatic carbocycles. The third-order valence-corrected chi connectivity index (χ3v) is 3.89. The van der Waals surface area contributed by atoms with E-state index in [2.05, 4.69) is 34.6 Å². The fraction of sp³-hybridized carbons (Fsp3) is 0.467. The normalized spacial score (nSPS) is 18.3. The standard InChI is InChI=1S/C15H20N4/c16-9-8-14-11-19(18-17-14)10-13-6-3-5-12-4-1-2-7-15(12)13/h1-2,4,7,11,13H,3,5-6,8-10,16H2. The highest BCUT2D eigenvalue weighted by Crippen LogP contribution is 2.32. The second kappa shape index (κ2) is 5.53. The second-order valence-electron chi connectivity index (χ2n) is 5.26. The molecular weight excluding hydrogens is 236 g/mol. The van der Waals surface area contributed by atoms with Crippen LogP contribution in [0.3, 0.4) is 0 Å². The average molecular weight is 256 g/mol. The fourth-order valence-electron chi connectivity index (χ4n) is 2.96. The molecule has 19 heavy (non-hydrogen) atoms. The van der Waals surface area contributed by atoms with Crippen molar-refractivity contribution in [2.75, 3.05) is 6.54 Å². The lowest BCUT2D eigenvalue weighted by atomic mass is 9.83. The van der Waals surface area contributed by atoms with Crippen LogP contribution in [0, 0.1) is 0 Å². The summed E-state index contributed by atoms with van der Waals surface area (Å²) in [6.07, 6.45) is 6.56. The molecular formula is C15H20N4. The summed E-state index contributed by atoms with van der Waals surface area (Å²) < 4.78 is 1.97. The van der Waals surface area contributed by atoms with Gasteiger partial charge in [-0.1, -0.05) is 29.5 Å². The van der Waals surface area contributed by atoms with Gasteiger partial charge in [0.05, 0.1) is 5.69 Å². The number of hydrogen-bond donors (Lipinski definition) is 1. The van der Waals surface area contributed by atoms with Crippen LogP contribution in [0.2, 0.25) is 0 Å². The van der Waals surface area contributed by atoms with Crippen LogP contribution < -0.4 is 5.73 Å². The fourth-order valence-corrected chi connectivity index (χ4v) is 2.96. The highest BCUT2D eigenvalue weighted by Gasteiger charge is 2.20. The maximum Gasteiger partial charge on any atom is 0.0839 e. The van der Waals surface area contributed by atoms with Gasteiger partial charge in [-0.15, -0.1) is 5.10 Å². The number of nitrogens with zero attached hydrogens (tertiary/aromatic N) is 3. The molecule has 4 nitrogen and oxygen atoms in total. The Morgan fingerprint density at radius 2 is 2.21 bits per heavy atom. The van der Waals surface area contributed by atoms with Gasteiger partial charge in [-0.3, -0.25) is 4.68 Å². The highest BCUT2D eigenvalue weighted by atomic mass is 15.4. The minimum atomic E-state index is 0.567. The van der Waals surface area contributed by atoms with Crippen molar-refractivity contribution in [1.82, 2.24) is 15.0 Å². The molecule has 0 radical (unpaired) electrons. The molecule has 0 saturated heterocycles. The SMILES string of the molecule is NCCc1cn(CC2CCCc3ccccc32)nn1. The summed E-state index contributed by atoms with van der Waals surface area (Å²) in [6, 6.07) is 8.79. The van der Waals surface area contributed by atoms with E-state index in [1.807, 2.05) is 10.9 Å². The van der Waals surface area contributed by atoms with Crippen molar-refractivity contribution < 1.29 is 0 Å². The van der Waals surface area contributed by atoms with Crippen molar-refractivity contribution in [3.05, 3.63) is 47.3 Å². The molecule has 1 aromatic heterocycles. The Balaban J connectivity index is 1.76. The van der Waals surface area contributed by atoms with Gasteiger partial charge in [0.15, 0.2) is 0 Å². The van der Waals surface area contributed by atoms with Crippen LogP contribution in [0.25, 0.3) is 0 Å². The number of nitrogens with two attached hydrogens (primary N) is 1. The molecule has 2 aromatic rings. The van der Waals surface area contributed by atoms with Crippen molar-refractivity contribution in [2.24, 2.45) is 5.73 Å². The molecule has 0 bridgehead atoms. The smallest absolute Gasteiger partial charge is 0.0839 e. The lowest BCUT2D eigenvalue weighted by molar-refractivity contribution is 0.449. The molecule has 1 aromatic carbocycles. The van der Waals surface area contributed by atoms with Crippen LogP contribution in [-0.2, 0) is 19.4 Å². The molecule has 0 fully saturated rings. The zero-order chi connectivity index (χ0) is 13.1. The molecule has 1 aliphatic rings. The van der Waals surface area contributed by atoms with Crippen LogP contribution in [0.15, 0.2) is 30.5 Å². The number of fused-ring (bicyclic) bond motifs is 1. The summed E-state index contributed by atoms with van der Waals surface area (Å²) in [5.41, 5.74) is 9.52. The van der Waals surface area contributed by atoms with Gasteiger partial charge < -0.3 is 5.73 Å². The summed E-state index contributed by atoms with van der Waals surface area (Å²) >= 11 is 0. The first-order valence-corrected chi connectivity index (χ1v) is 7.03. The predicted octanol–water partition coefficient (Wildman–Crippen LogP) is 1.90. The number of rotatable bonds is 4. The van der Waals surface area contributed by atoms with Crippen molar-refractivity contribution in [2.45, 2.75) is 38.1 Å². The number of aromatic nitrogens is 3. The van der Waals surface area contributed by atoms with Crippen molar-refractivity contribution in [3.63, 3.8) is 0 Å². The van der Waals surface area contributed by atoms with E-state index in [-0.39, 0.29) is 0 Å². The largest absolute Gasteiger partial charge is 0.330 e. The lowest BCUT2D eigenvalue weighted by Crippen LogP contribution is -2.16. The van der Waals surface area contributed by atoms with Gasteiger partial charge >= 0.3 is 0 Å². The molecule has 0 amide bonds. The molecule has 2 N–H and O–H groups in total. The zero-order valence-electron chi connectivity index (χ0n) is 11.1. The second-order valence-corrected chi connectivity index (χ2v) is 5.26. The Morgan fingerprint density at radius 1 is 1.32 bits per heavy atom. The van der Waals surface area contributed by atoms with E-state index >= 15 is 0 Å². The quantitative estimate of drug-likeness (QED) is 0.909. The third kappa shape index (κ3) is 2.68. The van der Waals surface area contributed by atoms with Crippen molar-refractivity contribution >= 4 is 0 Å². The molecule has 0 spiro atoms. The molecule has 0 aliphatic heterocycles. The highest BCUT2D eigenvalue weighted by molar-refractivity contribution is 5.32. The molecule has 4 heteroatoms. The zero-order valence-corrected chi connectivity index (χ0v) is 11.1. The van der Waals surface area contributed by atoms with E-state index in [0.29, 0.717) is 12.5 Å². The molecule has 3 rings (SSSR count). The van der Waals surface area contributed by atoms with Gasteiger partial charge in [0.1, 0.15) is 0 Å². The van der Waals surface area contributed by atoms with Crippen LogP contribution >= 0.6 is 0 Å². The van der Waals surface area contributed by atoms with E-state index < -0.39 is 0 Å². The summed E-state index contributed by atoms with van der Waals surface area (Å²) in [6.45, 7) is 1.56. The monoisotopic (exact) mass is 256 g/mol. The van der Waals surface area contributed by atoms with Gasteiger partial charge in [0, 0.05) is 25.1 Å². The maximum atomic E-state index is 5.54. The van der Waals surface area contributed by atoms with Crippen molar-refractivity contribution in [3.8, 4) is 0 Å². The Bertz CT molecular complexity index is 547. The van der Waals surface area contributed by atoms with Gasteiger partial charge in [-0.05, 0) is 36.9 Å². The first-order valence-electron chi connectivity index (χ1n) is 7.03. The summed E-state index contributed by atoms with van der Waals surface area (Å²) in [7, 11) is 0. The minimum absolute atomic E-state index is 0.567. The van der Waals surface area contributed by atoms with Gasteiger partial charge in [0.2, 0.25) is 0 Å². The average Bonchev–Trinajstić information content (AvgIpc) is 2.87. The van der Waals surface area contributed by atoms with Crippen LogP contribution in [0.5, 0.6) is 0 Å². The van der Waals surface area contributed by atoms with Gasteiger partial charge in [-0.2, -0.15) is 0 Å². The van der Waals surface area contributed by atoms with E-state index in [1.54, 1.807) is 0 Å². The van der Waals surface area contributed by atoms with Crippen LogP contribution in [0.4, 0.5) is 0 Å². The molecule has 0 saturated carbocycles. The maximum absolute atomic E-state index is 5.54. The first kappa shape index (κ1) is 12.4. The van der Waals surface area contributed by atoms with E-state index in [1.165, 1.54) is 30.4 Å². The van der Waals surface area contributed by atoms with Gasteiger partial charge in [0.25, 0.3) is 0 Å². The van der Waals surface area contributed by atoms with Crippen LogP contribution in [0.1, 0.15) is 35.6 Å². The summed E-state index contributed by atoms with van der Waals surface area (Å²) in [5, 5.41) is 8.37. The Morgan fingerprint density at radius 3 is 3.11 bits per heavy atom. The van der Waals surface area contributed by atoms with Gasteiger partial charge in [-0.25, -0.2) is 0 Å². The topological polar surface area (TPSA) is 56.7 Å². The minimum Gasteiger partial charge on any atom is -0.330 e. The van der Waals surface area contributed by atoms with Crippen LogP contribution in [-0.4, -0.2) is 21.5 Å². The number of hydrogen-bond acceptors (Lipinski definition) is 3. The molecule has 1 atom stereocenters. The Kier molecular flexibility index (Phi) is 3.60. The predicted molar refractivity (Wildman–Crippen MR) is 74.9 cm³/mol. The Labute approximate surface area is 113 Å². The molecule has 1 unspecified atom stereocenters. The lowest BCUT2D eigenvalue weighted by Gasteiger charge is -2.25. The van der Waals surface area contributed by atoms with E-state index in [4.69, 9.17) is 5.73 Å². The number of benzene rings is 1. The first-order chi connectivity index (χ1) is 9.36. The molecule has 100 valence electrons. The van der Waals surface area contributed by atoms with Crippen molar-refractivity contribution in [1.29, 1.82) is 0 Å².